The molecule has 0 spiro atoms. The van der Waals surface area contributed by atoms with Crippen LogP contribution in [-0.4, -0.2) is 13.1 Å². The van der Waals surface area contributed by atoms with Crippen LogP contribution in [0.15, 0.2) is 12.1 Å². The molecule has 1 heterocycles. The Morgan fingerprint density at radius 1 is 1.14 bits per heavy atom. The Labute approximate surface area is 77.7 Å². The van der Waals surface area contributed by atoms with Crippen molar-refractivity contribution in [1.29, 1.82) is 0 Å². The summed E-state index contributed by atoms with van der Waals surface area (Å²) in [7, 11) is 0. The third-order valence-corrected chi connectivity index (χ3v) is 2.29. The highest BCUT2D eigenvalue weighted by Gasteiger charge is 2.42. The molecule has 1 aliphatic rings. The number of alkyl halides is 1. The quantitative estimate of drug-likeness (QED) is 0.545. The molecule has 1 saturated heterocycles. The van der Waals surface area contributed by atoms with Crippen molar-refractivity contribution in [2.24, 2.45) is 0 Å². The second-order valence-electron chi connectivity index (χ2n) is 3.32. The van der Waals surface area contributed by atoms with Gasteiger partial charge in [0, 0.05) is 24.7 Å². The van der Waals surface area contributed by atoms with E-state index in [-0.39, 0.29) is 13.1 Å². The van der Waals surface area contributed by atoms with E-state index in [0.29, 0.717) is 12.1 Å². The van der Waals surface area contributed by atoms with E-state index in [2.05, 4.69) is 5.32 Å². The van der Waals surface area contributed by atoms with Crippen LogP contribution >= 0.6 is 0 Å². The number of halogens is 4. The van der Waals surface area contributed by atoms with Gasteiger partial charge < -0.3 is 5.32 Å². The van der Waals surface area contributed by atoms with Crippen molar-refractivity contribution in [2.75, 3.05) is 13.1 Å². The lowest BCUT2D eigenvalue weighted by molar-refractivity contribution is 0.0833. The fraction of sp³-hybridized carbons (Fsp3) is 0.333. The highest BCUT2D eigenvalue weighted by Crippen LogP contribution is 2.33. The predicted octanol–water partition coefficient (Wildman–Crippen LogP) is 1.87. The Morgan fingerprint density at radius 3 is 2.29 bits per heavy atom. The largest absolute Gasteiger partial charge is 0.310 e. The van der Waals surface area contributed by atoms with Gasteiger partial charge in [-0.25, -0.2) is 17.6 Å². The van der Waals surface area contributed by atoms with Gasteiger partial charge in [-0.1, -0.05) is 0 Å². The summed E-state index contributed by atoms with van der Waals surface area (Å²) in [5.74, 6) is -3.64. The van der Waals surface area contributed by atoms with Crippen molar-refractivity contribution in [1.82, 2.24) is 5.32 Å². The van der Waals surface area contributed by atoms with Gasteiger partial charge in [-0.15, -0.1) is 0 Å². The second kappa shape index (κ2) is 2.95. The molecule has 1 N–H and O–H groups in total. The molecule has 1 nitrogen and oxygen atoms in total. The monoisotopic (exact) mass is 205 g/mol. The maximum atomic E-state index is 13.6. The van der Waals surface area contributed by atoms with Crippen LogP contribution < -0.4 is 5.32 Å². The standard InChI is InChI=1S/C9H7F4N/c10-5-1-6(8(12)7(11)2-5)9(13)3-14-4-9/h1-2,14H,3-4H2. The average Bonchev–Trinajstić information content (AvgIpc) is 2.07. The first-order valence-corrected chi connectivity index (χ1v) is 4.07. The predicted molar refractivity (Wildman–Crippen MR) is 42.0 cm³/mol. The van der Waals surface area contributed by atoms with Crippen molar-refractivity contribution in [3.8, 4) is 0 Å². The van der Waals surface area contributed by atoms with E-state index >= 15 is 0 Å². The number of rotatable bonds is 1. The van der Waals surface area contributed by atoms with Crippen molar-refractivity contribution < 1.29 is 17.6 Å². The van der Waals surface area contributed by atoms with E-state index in [1.54, 1.807) is 0 Å². The van der Waals surface area contributed by atoms with Crippen LogP contribution in [0.5, 0.6) is 0 Å². The molecule has 0 amide bonds. The second-order valence-corrected chi connectivity index (χ2v) is 3.32. The lowest BCUT2D eigenvalue weighted by Crippen LogP contribution is -2.54. The minimum absolute atomic E-state index is 0.118. The lowest BCUT2D eigenvalue weighted by atomic mass is 9.89. The molecular formula is C9H7F4N. The zero-order chi connectivity index (χ0) is 10.3. The van der Waals surface area contributed by atoms with Crippen LogP contribution in [0.2, 0.25) is 0 Å². The first-order chi connectivity index (χ1) is 6.53. The zero-order valence-electron chi connectivity index (χ0n) is 7.08. The molecule has 76 valence electrons. The van der Waals surface area contributed by atoms with E-state index in [1.807, 2.05) is 0 Å². The molecule has 1 aromatic rings. The SMILES string of the molecule is Fc1cc(F)c(F)c(C2(F)CNC2)c1. The molecule has 0 bridgehead atoms. The fourth-order valence-corrected chi connectivity index (χ4v) is 1.42. The molecule has 0 aromatic heterocycles. The normalized spacial score (nSPS) is 19.1. The van der Waals surface area contributed by atoms with E-state index in [0.717, 1.165) is 0 Å². The highest BCUT2D eigenvalue weighted by molar-refractivity contribution is 5.29. The Hall–Kier alpha value is -1.10. The molecule has 0 unspecified atom stereocenters. The van der Waals surface area contributed by atoms with Gasteiger partial charge >= 0.3 is 0 Å². The molecular weight excluding hydrogens is 198 g/mol. The van der Waals surface area contributed by atoms with E-state index < -0.39 is 28.7 Å². The molecule has 2 rings (SSSR count). The average molecular weight is 205 g/mol. The topological polar surface area (TPSA) is 12.0 Å². The van der Waals surface area contributed by atoms with Crippen LogP contribution in [0, 0.1) is 17.5 Å². The van der Waals surface area contributed by atoms with E-state index in [9.17, 15) is 17.6 Å². The van der Waals surface area contributed by atoms with Gasteiger partial charge in [0.1, 0.15) is 5.82 Å². The third-order valence-electron chi connectivity index (χ3n) is 2.29. The minimum Gasteiger partial charge on any atom is -0.310 e. The molecule has 0 aliphatic carbocycles. The lowest BCUT2D eigenvalue weighted by Gasteiger charge is -2.35. The number of hydrogen-bond acceptors (Lipinski definition) is 1. The van der Waals surface area contributed by atoms with Crippen molar-refractivity contribution in [3.63, 3.8) is 0 Å². The Morgan fingerprint density at radius 2 is 1.79 bits per heavy atom. The number of nitrogens with one attached hydrogen (secondary N) is 1. The molecule has 0 radical (unpaired) electrons. The summed E-state index contributed by atoms with van der Waals surface area (Å²) in [4.78, 5) is 0. The molecule has 1 aliphatic heterocycles. The van der Waals surface area contributed by atoms with E-state index in [1.165, 1.54) is 0 Å². The summed E-state index contributed by atoms with van der Waals surface area (Å²) >= 11 is 0. The molecule has 5 heteroatoms. The first kappa shape index (κ1) is 9.45. The molecule has 1 fully saturated rings. The van der Waals surface area contributed by atoms with Gasteiger partial charge in [0.2, 0.25) is 0 Å². The van der Waals surface area contributed by atoms with Gasteiger partial charge in [0.25, 0.3) is 0 Å². The van der Waals surface area contributed by atoms with Gasteiger partial charge in [-0.2, -0.15) is 0 Å². The number of benzene rings is 1. The Kier molecular flexibility index (Phi) is 1.99. The van der Waals surface area contributed by atoms with E-state index in [4.69, 9.17) is 0 Å². The van der Waals surface area contributed by atoms with Gasteiger partial charge in [-0.3, -0.25) is 0 Å². The summed E-state index contributed by atoms with van der Waals surface area (Å²) in [6.07, 6.45) is 0. The molecule has 14 heavy (non-hydrogen) atoms. The third kappa shape index (κ3) is 1.28. The van der Waals surface area contributed by atoms with Gasteiger partial charge in [0.15, 0.2) is 17.3 Å². The smallest absolute Gasteiger partial charge is 0.165 e. The molecule has 1 aromatic carbocycles. The Bertz CT molecular complexity index is 373. The summed E-state index contributed by atoms with van der Waals surface area (Å²) < 4.78 is 52.1. The number of hydrogen-bond donors (Lipinski definition) is 1. The van der Waals surface area contributed by atoms with Crippen LogP contribution in [0.1, 0.15) is 5.56 Å². The van der Waals surface area contributed by atoms with Crippen molar-refractivity contribution >= 4 is 0 Å². The van der Waals surface area contributed by atoms with Crippen LogP contribution in [0.4, 0.5) is 17.6 Å². The van der Waals surface area contributed by atoms with Gasteiger partial charge in [-0.05, 0) is 6.07 Å². The van der Waals surface area contributed by atoms with Crippen LogP contribution in [-0.2, 0) is 5.67 Å². The zero-order valence-corrected chi connectivity index (χ0v) is 7.08. The molecule has 0 saturated carbocycles. The molecule has 0 atom stereocenters. The first-order valence-electron chi connectivity index (χ1n) is 4.07. The van der Waals surface area contributed by atoms with Crippen LogP contribution in [0.25, 0.3) is 0 Å². The maximum absolute atomic E-state index is 13.6. The van der Waals surface area contributed by atoms with Crippen molar-refractivity contribution in [3.05, 3.63) is 35.1 Å². The highest BCUT2D eigenvalue weighted by atomic mass is 19.2. The summed E-state index contributed by atoms with van der Waals surface area (Å²) in [6.45, 7) is -0.236. The van der Waals surface area contributed by atoms with Crippen molar-refractivity contribution in [2.45, 2.75) is 5.67 Å². The summed E-state index contributed by atoms with van der Waals surface area (Å²) in [5, 5.41) is 2.58. The Balaban J connectivity index is 2.51. The van der Waals surface area contributed by atoms with Gasteiger partial charge in [0.05, 0.1) is 0 Å². The maximum Gasteiger partial charge on any atom is 0.165 e. The fourth-order valence-electron chi connectivity index (χ4n) is 1.42. The summed E-state index contributed by atoms with van der Waals surface area (Å²) in [5.41, 5.74) is -2.53. The summed E-state index contributed by atoms with van der Waals surface area (Å²) in [6, 6.07) is 1.09. The minimum atomic E-state index is -1.98. The van der Waals surface area contributed by atoms with Crippen LogP contribution in [0.3, 0.4) is 0 Å².